The number of carbonyl (C=O) groups is 3. The molecule has 7 nitrogen and oxygen atoms in total. The van der Waals surface area contributed by atoms with Gasteiger partial charge >= 0.3 is 5.97 Å². The standard InChI is InChI=1S/C21H23BrN2O5/c1-13(2)29-16-7-5-15(6-8-16)21(27)23-11-20(26)28-12-19(25)24-18-9-4-14(3)10-17(18)22/h4-10,13H,11-12H2,1-3H3,(H,23,27)(H,24,25). The predicted octanol–water partition coefficient (Wildman–Crippen LogP) is 3.46. The van der Waals surface area contributed by atoms with Crippen LogP contribution in [-0.2, 0) is 14.3 Å². The Balaban J connectivity index is 1.74. The average Bonchev–Trinajstić information content (AvgIpc) is 2.67. The number of esters is 1. The largest absolute Gasteiger partial charge is 0.491 e. The van der Waals surface area contributed by atoms with Crippen molar-refractivity contribution in [3.05, 3.63) is 58.1 Å². The summed E-state index contributed by atoms with van der Waals surface area (Å²) in [5, 5.41) is 5.09. The monoisotopic (exact) mass is 462 g/mol. The minimum absolute atomic E-state index is 0.0359. The quantitative estimate of drug-likeness (QED) is 0.585. The Kier molecular flexibility index (Phi) is 8.21. The number of benzene rings is 2. The number of carbonyl (C=O) groups excluding carboxylic acids is 3. The number of nitrogens with one attached hydrogen (secondary N) is 2. The van der Waals surface area contributed by atoms with E-state index in [0.717, 1.165) is 10.0 Å². The Morgan fingerprint density at radius 1 is 1.07 bits per heavy atom. The van der Waals surface area contributed by atoms with E-state index < -0.39 is 24.4 Å². The molecule has 0 saturated heterocycles. The molecule has 0 saturated carbocycles. The number of rotatable bonds is 8. The van der Waals surface area contributed by atoms with Gasteiger partial charge in [-0.1, -0.05) is 6.07 Å². The number of halogens is 1. The van der Waals surface area contributed by atoms with E-state index in [-0.39, 0.29) is 12.6 Å². The van der Waals surface area contributed by atoms with Crippen molar-refractivity contribution < 1.29 is 23.9 Å². The van der Waals surface area contributed by atoms with Gasteiger partial charge in [0, 0.05) is 10.0 Å². The van der Waals surface area contributed by atoms with Crippen LogP contribution in [0, 0.1) is 6.92 Å². The molecule has 0 aromatic heterocycles. The highest BCUT2D eigenvalue weighted by molar-refractivity contribution is 9.10. The molecule has 8 heteroatoms. The van der Waals surface area contributed by atoms with Crippen molar-refractivity contribution in [1.82, 2.24) is 5.32 Å². The summed E-state index contributed by atoms with van der Waals surface area (Å²) in [4.78, 5) is 35.8. The topological polar surface area (TPSA) is 93.7 Å². The van der Waals surface area contributed by atoms with E-state index in [1.165, 1.54) is 0 Å². The van der Waals surface area contributed by atoms with Crippen molar-refractivity contribution in [2.24, 2.45) is 0 Å². The highest BCUT2D eigenvalue weighted by atomic mass is 79.9. The maximum Gasteiger partial charge on any atom is 0.325 e. The van der Waals surface area contributed by atoms with E-state index in [9.17, 15) is 14.4 Å². The number of ether oxygens (including phenoxy) is 2. The molecule has 0 fully saturated rings. The Hall–Kier alpha value is -2.87. The summed E-state index contributed by atoms with van der Waals surface area (Å²) in [5.74, 6) is -0.959. The Morgan fingerprint density at radius 2 is 1.76 bits per heavy atom. The summed E-state index contributed by atoms with van der Waals surface area (Å²) in [6, 6.07) is 12.0. The molecule has 0 aliphatic rings. The molecular weight excluding hydrogens is 440 g/mol. The number of hydrogen-bond acceptors (Lipinski definition) is 5. The first-order valence-corrected chi connectivity index (χ1v) is 9.80. The van der Waals surface area contributed by atoms with Crippen LogP contribution in [0.5, 0.6) is 5.75 Å². The van der Waals surface area contributed by atoms with Gasteiger partial charge < -0.3 is 20.1 Å². The number of aryl methyl sites for hydroxylation is 1. The van der Waals surface area contributed by atoms with Gasteiger partial charge in [0.15, 0.2) is 6.61 Å². The third-order valence-electron chi connectivity index (χ3n) is 3.64. The second-order valence-electron chi connectivity index (χ2n) is 6.57. The summed E-state index contributed by atoms with van der Waals surface area (Å²) in [5.41, 5.74) is 2.00. The fourth-order valence-electron chi connectivity index (χ4n) is 2.32. The number of hydrogen-bond donors (Lipinski definition) is 2. The molecule has 2 aromatic carbocycles. The molecule has 29 heavy (non-hydrogen) atoms. The third kappa shape index (κ3) is 7.57. The molecule has 2 rings (SSSR count). The Bertz CT molecular complexity index is 881. The zero-order valence-electron chi connectivity index (χ0n) is 16.5. The number of anilines is 1. The van der Waals surface area contributed by atoms with Crippen LogP contribution in [0.15, 0.2) is 46.9 Å². The molecule has 0 aliphatic carbocycles. The summed E-state index contributed by atoms with van der Waals surface area (Å²) in [6.07, 6.45) is 0.0359. The van der Waals surface area contributed by atoms with Crippen molar-refractivity contribution >= 4 is 39.4 Å². The molecule has 0 aliphatic heterocycles. The van der Waals surface area contributed by atoms with E-state index >= 15 is 0 Å². The highest BCUT2D eigenvalue weighted by Crippen LogP contribution is 2.23. The van der Waals surface area contributed by atoms with Gasteiger partial charge in [-0.05, 0) is 78.7 Å². The lowest BCUT2D eigenvalue weighted by Crippen LogP contribution is -2.32. The SMILES string of the molecule is Cc1ccc(NC(=O)COC(=O)CNC(=O)c2ccc(OC(C)C)cc2)c(Br)c1. The van der Waals surface area contributed by atoms with Crippen molar-refractivity contribution in [1.29, 1.82) is 0 Å². The van der Waals surface area contributed by atoms with E-state index in [1.807, 2.05) is 32.9 Å². The Morgan fingerprint density at radius 3 is 2.38 bits per heavy atom. The smallest absolute Gasteiger partial charge is 0.325 e. The molecular formula is C21H23BrN2O5. The van der Waals surface area contributed by atoms with Crippen LogP contribution >= 0.6 is 15.9 Å². The van der Waals surface area contributed by atoms with Gasteiger partial charge in [-0.3, -0.25) is 14.4 Å². The van der Waals surface area contributed by atoms with Crippen LogP contribution in [0.25, 0.3) is 0 Å². The zero-order chi connectivity index (χ0) is 21.4. The van der Waals surface area contributed by atoms with Crippen LogP contribution in [0.4, 0.5) is 5.69 Å². The minimum atomic E-state index is -0.712. The third-order valence-corrected chi connectivity index (χ3v) is 4.30. The van der Waals surface area contributed by atoms with Gasteiger partial charge in [0.25, 0.3) is 11.8 Å². The summed E-state index contributed by atoms with van der Waals surface area (Å²) < 4.78 is 11.1. The van der Waals surface area contributed by atoms with E-state index in [2.05, 4.69) is 26.6 Å². The molecule has 0 radical (unpaired) electrons. The van der Waals surface area contributed by atoms with Crippen LogP contribution in [0.3, 0.4) is 0 Å². The fraction of sp³-hybridized carbons (Fsp3) is 0.286. The second kappa shape index (κ2) is 10.6. The molecule has 0 bridgehead atoms. The maximum absolute atomic E-state index is 12.1. The lowest BCUT2D eigenvalue weighted by Gasteiger charge is -2.10. The molecule has 2 aromatic rings. The first-order valence-electron chi connectivity index (χ1n) is 9.01. The normalized spacial score (nSPS) is 10.4. The molecule has 2 amide bonds. The molecule has 2 N–H and O–H groups in total. The maximum atomic E-state index is 12.1. The van der Waals surface area contributed by atoms with Gasteiger partial charge in [-0.15, -0.1) is 0 Å². The highest BCUT2D eigenvalue weighted by Gasteiger charge is 2.12. The lowest BCUT2D eigenvalue weighted by molar-refractivity contribution is -0.146. The molecule has 0 spiro atoms. The predicted molar refractivity (Wildman–Crippen MR) is 113 cm³/mol. The van der Waals surface area contributed by atoms with Crippen LogP contribution in [0.1, 0.15) is 29.8 Å². The van der Waals surface area contributed by atoms with Crippen LogP contribution in [-0.4, -0.2) is 37.0 Å². The second-order valence-corrected chi connectivity index (χ2v) is 7.42. The summed E-state index contributed by atoms with van der Waals surface area (Å²) in [6.45, 7) is 4.96. The van der Waals surface area contributed by atoms with Crippen molar-refractivity contribution in [2.75, 3.05) is 18.5 Å². The van der Waals surface area contributed by atoms with Crippen LogP contribution in [0.2, 0.25) is 0 Å². The van der Waals surface area contributed by atoms with E-state index in [0.29, 0.717) is 17.0 Å². The van der Waals surface area contributed by atoms with Crippen molar-refractivity contribution in [3.63, 3.8) is 0 Å². The van der Waals surface area contributed by atoms with E-state index in [1.54, 1.807) is 30.3 Å². The van der Waals surface area contributed by atoms with Gasteiger partial charge in [0.2, 0.25) is 0 Å². The zero-order valence-corrected chi connectivity index (χ0v) is 18.0. The molecule has 0 unspecified atom stereocenters. The average molecular weight is 463 g/mol. The first kappa shape index (κ1) is 22.4. The van der Waals surface area contributed by atoms with Crippen molar-refractivity contribution in [2.45, 2.75) is 26.9 Å². The molecule has 0 atom stereocenters. The molecule has 0 heterocycles. The van der Waals surface area contributed by atoms with Gasteiger partial charge in [-0.25, -0.2) is 0 Å². The van der Waals surface area contributed by atoms with Crippen LogP contribution < -0.4 is 15.4 Å². The van der Waals surface area contributed by atoms with Gasteiger partial charge in [0.05, 0.1) is 11.8 Å². The summed E-state index contributed by atoms with van der Waals surface area (Å²) in [7, 11) is 0. The minimum Gasteiger partial charge on any atom is -0.491 e. The summed E-state index contributed by atoms with van der Waals surface area (Å²) >= 11 is 3.36. The Labute approximate surface area is 177 Å². The van der Waals surface area contributed by atoms with Gasteiger partial charge in [0.1, 0.15) is 12.3 Å². The van der Waals surface area contributed by atoms with Gasteiger partial charge in [-0.2, -0.15) is 0 Å². The molecule has 154 valence electrons. The lowest BCUT2D eigenvalue weighted by atomic mass is 10.2. The fourth-order valence-corrected chi connectivity index (χ4v) is 2.91. The first-order chi connectivity index (χ1) is 13.7. The number of amides is 2. The van der Waals surface area contributed by atoms with E-state index in [4.69, 9.17) is 9.47 Å². The van der Waals surface area contributed by atoms with Crippen molar-refractivity contribution in [3.8, 4) is 5.75 Å².